The van der Waals surface area contributed by atoms with E-state index in [9.17, 15) is 0 Å². The van der Waals surface area contributed by atoms with Crippen molar-refractivity contribution in [2.75, 3.05) is 32.9 Å². The molecule has 0 aromatic carbocycles. The number of aliphatic hydroxyl groups excluding tert-OH is 3. The van der Waals surface area contributed by atoms with E-state index in [1.807, 2.05) is 0 Å². The summed E-state index contributed by atoms with van der Waals surface area (Å²) >= 11 is 0. The number of aliphatic hydroxyl groups is 3. The molecule has 0 aromatic heterocycles. The van der Waals surface area contributed by atoms with E-state index in [1.165, 1.54) is 0 Å². The molecule has 0 radical (unpaired) electrons. The number of rotatable bonds is 4. The highest BCUT2D eigenvalue weighted by Crippen LogP contribution is 1.93. The monoisotopic (exact) mass is 457 g/mol. The lowest BCUT2D eigenvalue weighted by atomic mass is 10.1. The van der Waals surface area contributed by atoms with Gasteiger partial charge >= 0.3 is 0 Å². The molecule has 0 unspecified atom stereocenters. The Morgan fingerprint density at radius 2 is 0.724 bits per heavy atom. The maximum Gasteiger partial charge on any atom is 0.300 e. The van der Waals surface area contributed by atoms with Crippen molar-refractivity contribution in [3.63, 3.8) is 0 Å². The standard InChI is InChI=1S/C4H11NO3.C2H8N2.4C2H4O2.ClH/c5-4(1-6,2-7)3-8;3-1-2-4;4*1-2(3)4;/h6-8H,1-3,5H2;1-4H2;4*1H3,(H,3,4);1H. The van der Waals surface area contributed by atoms with Crippen LogP contribution in [-0.2, 0) is 19.2 Å². The minimum Gasteiger partial charge on any atom is -0.481 e. The summed E-state index contributed by atoms with van der Waals surface area (Å²) in [5, 5.41) is 54.7. The van der Waals surface area contributed by atoms with Crippen LogP contribution in [0.25, 0.3) is 0 Å². The Labute approximate surface area is 175 Å². The van der Waals surface area contributed by atoms with E-state index in [4.69, 9.17) is 72.1 Å². The van der Waals surface area contributed by atoms with Crippen molar-refractivity contribution < 1.29 is 54.9 Å². The quantitative estimate of drug-likeness (QED) is 0.206. The number of carbonyl (C=O) groups is 4. The lowest BCUT2D eigenvalue weighted by Crippen LogP contribution is -2.50. The number of aliphatic carboxylic acids is 4. The van der Waals surface area contributed by atoms with Crippen LogP contribution in [0, 0.1) is 0 Å². The summed E-state index contributed by atoms with van der Waals surface area (Å²) in [7, 11) is 0. The number of nitrogens with two attached hydrogens (primary N) is 3. The van der Waals surface area contributed by atoms with Gasteiger partial charge in [-0.2, -0.15) is 0 Å². The third-order valence-electron chi connectivity index (χ3n) is 1.11. The molecule has 0 saturated carbocycles. The minimum absolute atomic E-state index is 0. The molecule has 0 spiro atoms. The van der Waals surface area contributed by atoms with E-state index < -0.39 is 49.2 Å². The van der Waals surface area contributed by atoms with Crippen molar-refractivity contribution in [3.8, 4) is 0 Å². The first-order valence-corrected chi connectivity index (χ1v) is 7.33. The molecule has 0 bridgehead atoms. The second-order valence-corrected chi connectivity index (χ2v) is 4.49. The molecule has 13 N–H and O–H groups in total. The van der Waals surface area contributed by atoms with E-state index in [2.05, 4.69) is 0 Å². The summed E-state index contributed by atoms with van der Waals surface area (Å²) in [5.41, 5.74) is 13.7. The Kier molecular flexibility index (Phi) is 57.8. The number of halogens is 1. The fraction of sp³-hybridized carbons (Fsp3) is 0.714. The zero-order valence-electron chi connectivity index (χ0n) is 16.9. The van der Waals surface area contributed by atoms with Gasteiger partial charge in [-0.15, -0.1) is 12.4 Å². The fourth-order valence-corrected chi connectivity index (χ4v) is 0.150. The van der Waals surface area contributed by atoms with Crippen LogP contribution in [0.4, 0.5) is 0 Å². The van der Waals surface area contributed by atoms with E-state index in [-0.39, 0.29) is 12.4 Å². The van der Waals surface area contributed by atoms with Crippen molar-refractivity contribution in [1.29, 1.82) is 0 Å². The van der Waals surface area contributed by atoms with Crippen LogP contribution in [0.5, 0.6) is 0 Å². The van der Waals surface area contributed by atoms with Gasteiger partial charge in [0.05, 0.1) is 25.4 Å². The van der Waals surface area contributed by atoms with Crippen LogP contribution in [0.15, 0.2) is 0 Å². The van der Waals surface area contributed by atoms with Gasteiger partial charge in [-0.1, -0.05) is 0 Å². The predicted molar refractivity (Wildman–Crippen MR) is 107 cm³/mol. The normalized spacial score (nSPS) is 7.79. The van der Waals surface area contributed by atoms with Crippen LogP contribution < -0.4 is 17.2 Å². The van der Waals surface area contributed by atoms with Gasteiger partial charge in [0.2, 0.25) is 0 Å². The van der Waals surface area contributed by atoms with Crippen LogP contribution in [0.1, 0.15) is 27.7 Å². The maximum absolute atomic E-state index is 9.00. The molecule has 0 rings (SSSR count). The topological polar surface area (TPSA) is 288 Å². The number of carboxylic acids is 4. The van der Waals surface area contributed by atoms with Crippen LogP contribution in [0.3, 0.4) is 0 Å². The van der Waals surface area contributed by atoms with Crippen LogP contribution in [0.2, 0.25) is 0 Å². The first-order valence-electron chi connectivity index (χ1n) is 7.33. The molecular formula is C14H36ClN3O11. The molecule has 0 aliphatic heterocycles. The van der Waals surface area contributed by atoms with Crippen molar-refractivity contribution >= 4 is 36.3 Å². The molecule has 0 aliphatic carbocycles. The fourth-order valence-electron chi connectivity index (χ4n) is 0.150. The summed E-state index contributed by atoms with van der Waals surface area (Å²) in [4.78, 5) is 36.0. The lowest BCUT2D eigenvalue weighted by molar-refractivity contribution is -0.135. The van der Waals surface area contributed by atoms with Gasteiger partial charge in [0, 0.05) is 40.8 Å². The molecule has 14 nitrogen and oxygen atoms in total. The highest BCUT2D eigenvalue weighted by molar-refractivity contribution is 5.85. The van der Waals surface area contributed by atoms with E-state index in [0.717, 1.165) is 27.7 Å². The molecule has 0 aliphatic rings. The summed E-state index contributed by atoms with van der Waals surface area (Å²) in [5.74, 6) is -3.33. The largest absolute Gasteiger partial charge is 0.481 e. The summed E-state index contributed by atoms with van der Waals surface area (Å²) in [6.07, 6.45) is 0. The zero-order chi connectivity index (χ0) is 24.3. The third kappa shape index (κ3) is 236. The first-order chi connectivity index (χ1) is 12.5. The SMILES string of the molecule is CC(=O)O.CC(=O)O.CC(=O)O.CC(=O)O.Cl.NC(CO)(CO)CO.NCCN. The van der Waals surface area contributed by atoms with E-state index in [1.54, 1.807) is 0 Å². The molecule has 0 aromatic rings. The van der Waals surface area contributed by atoms with Crippen LogP contribution >= 0.6 is 12.4 Å². The molecule has 0 atom stereocenters. The van der Waals surface area contributed by atoms with Gasteiger partial charge in [0.25, 0.3) is 23.9 Å². The Bertz CT molecular complexity index is 308. The Morgan fingerprint density at radius 3 is 0.724 bits per heavy atom. The second-order valence-electron chi connectivity index (χ2n) is 4.49. The lowest BCUT2D eigenvalue weighted by Gasteiger charge is -2.20. The van der Waals surface area contributed by atoms with Crippen molar-refractivity contribution in [1.82, 2.24) is 0 Å². The van der Waals surface area contributed by atoms with Gasteiger partial charge in [-0.25, -0.2) is 0 Å². The average Bonchev–Trinajstić information content (AvgIpc) is 2.52. The highest BCUT2D eigenvalue weighted by Gasteiger charge is 2.20. The number of hydrogen-bond acceptors (Lipinski definition) is 10. The smallest absolute Gasteiger partial charge is 0.300 e. The van der Waals surface area contributed by atoms with Gasteiger partial charge in [0.15, 0.2) is 0 Å². The molecule has 15 heteroatoms. The summed E-state index contributed by atoms with van der Waals surface area (Å²) in [6, 6.07) is 0. The van der Waals surface area contributed by atoms with E-state index >= 15 is 0 Å². The van der Waals surface area contributed by atoms with Gasteiger partial charge < -0.3 is 52.9 Å². The van der Waals surface area contributed by atoms with Crippen LogP contribution in [-0.4, -0.2) is 98.1 Å². The minimum atomic E-state index is -1.21. The zero-order valence-corrected chi connectivity index (χ0v) is 17.8. The molecule has 0 heterocycles. The van der Waals surface area contributed by atoms with Gasteiger partial charge in [-0.05, 0) is 0 Å². The molecule has 29 heavy (non-hydrogen) atoms. The van der Waals surface area contributed by atoms with Gasteiger partial charge in [-0.3, -0.25) is 19.2 Å². The second kappa shape index (κ2) is 36.8. The summed E-state index contributed by atoms with van der Waals surface area (Å²) < 4.78 is 0. The highest BCUT2D eigenvalue weighted by atomic mass is 35.5. The molecular weight excluding hydrogens is 422 g/mol. The maximum atomic E-state index is 9.00. The Morgan fingerprint density at radius 1 is 0.621 bits per heavy atom. The van der Waals surface area contributed by atoms with E-state index in [0.29, 0.717) is 13.1 Å². The van der Waals surface area contributed by atoms with Crippen molar-refractivity contribution in [3.05, 3.63) is 0 Å². The number of carboxylic acid groups (broad SMARTS) is 4. The summed E-state index contributed by atoms with van der Waals surface area (Å²) in [6.45, 7) is 4.32. The Balaban J connectivity index is -0.0000000411. The molecule has 180 valence electrons. The van der Waals surface area contributed by atoms with Crippen molar-refractivity contribution in [2.45, 2.75) is 33.2 Å². The predicted octanol–water partition coefficient (Wildman–Crippen LogP) is -2.65. The Hall–Kier alpha value is -2.07. The average molecular weight is 458 g/mol. The van der Waals surface area contributed by atoms with Crippen molar-refractivity contribution in [2.24, 2.45) is 17.2 Å². The number of hydrogen-bond donors (Lipinski definition) is 10. The third-order valence-corrected chi connectivity index (χ3v) is 1.11. The molecule has 0 saturated heterocycles. The first kappa shape index (κ1) is 45.6. The molecule has 0 fully saturated rings. The molecule has 0 amide bonds. The van der Waals surface area contributed by atoms with Gasteiger partial charge in [0.1, 0.15) is 0 Å².